The average molecular weight is 428 g/mol. The van der Waals surface area contributed by atoms with Crippen molar-refractivity contribution in [2.75, 3.05) is 13.2 Å². The molecule has 0 saturated heterocycles. The lowest BCUT2D eigenvalue weighted by Gasteiger charge is -2.28. The molecule has 3 aromatic rings. The average Bonchev–Trinajstić information content (AvgIpc) is 2.70. The Balaban J connectivity index is 0.00000320. The second kappa shape index (κ2) is 10.9. The first-order valence-electron chi connectivity index (χ1n) is 10.4. The lowest BCUT2D eigenvalue weighted by atomic mass is 9.93. The molecule has 0 amide bonds. The monoisotopic (exact) mass is 427 g/mol. The highest BCUT2D eigenvalue weighted by atomic mass is 35.5. The highest BCUT2D eigenvalue weighted by molar-refractivity contribution is 5.85. The first kappa shape index (κ1) is 24.4. The molecule has 4 heteroatoms. The van der Waals surface area contributed by atoms with E-state index in [0.717, 1.165) is 6.42 Å². The van der Waals surface area contributed by atoms with Gasteiger partial charge in [0.2, 0.25) is 0 Å². The summed E-state index contributed by atoms with van der Waals surface area (Å²) in [6, 6.07) is 23.3. The van der Waals surface area contributed by atoms with E-state index in [2.05, 4.69) is 80.7 Å². The number of rotatable bonds is 9. The number of halogens is 1. The lowest BCUT2D eigenvalue weighted by Crippen LogP contribution is -2.46. The van der Waals surface area contributed by atoms with Gasteiger partial charge >= 0.3 is 0 Å². The van der Waals surface area contributed by atoms with Crippen LogP contribution in [0.1, 0.15) is 43.6 Å². The number of hydrogen-bond acceptors (Lipinski definition) is 3. The predicted molar refractivity (Wildman–Crippen MR) is 129 cm³/mol. The Labute approximate surface area is 186 Å². The van der Waals surface area contributed by atoms with Gasteiger partial charge in [0.15, 0.2) is 0 Å². The van der Waals surface area contributed by atoms with E-state index in [-0.39, 0.29) is 24.0 Å². The summed E-state index contributed by atoms with van der Waals surface area (Å²) in [7, 11) is 0. The van der Waals surface area contributed by atoms with E-state index in [1.165, 1.54) is 27.5 Å². The van der Waals surface area contributed by atoms with Gasteiger partial charge in [0, 0.05) is 12.1 Å². The van der Waals surface area contributed by atoms with Crippen molar-refractivity contribution in [1.82, 2.24) is 5.32 Å². The maximum absolute atomic E-state index is 10.4. The minimum absolute atomic E-state index is 0. The summed E-state index contributed by atoms with van der Waals surface area (Å²) in [5, 5.41) is 16.4. The van der Waals surface area contributed by atoms with Crippen molar-refractivity contribution in [3.05, 3.63) is 83.4 Å². The maximum atomic E-state index is 10.4. The van der Waals surface area contributed by atoms with Crippen molar-refractivity contribution in [3.63, 3.8) is 0 Å². The molecule has 0 aromatic heterocycles. The van der Waals surface area contributed by atoms with Gasteiger partial charge < -0.3 is 15.2 Å². The zero-order valence-electron chi connectivity index (χ0n) is 18.4. The van der Waals surface area contributed by atoms with Crippen LogP contribution >= 0.6 is 12.4 Å². The van der Waals surface area contributed by atoms with Crippen molar-refractivity contribution in [2.24, 2.45) is 0 Å². The molecular formula is C26H34ClNO2. The number of benzene rings is 3. The molecule has 3 rings (SSSR count). The molecule has 2 atom stereocenters. The molecule has 1 unspecified atom stereocenters. The molecule has 2 N–H and O–H groups in total. The molecule has 0 aliphatic rings. The van der Waals surface area contributed by atoms with Crippen molar-refractivity contribution in [3.8, 4) is 0 Å². The Morgan fingerprint density at radius 1 is 0.967 bits per heavy atom. The second-order valence-electron chi connectivity index (χ2n) is 8.61. The zero-order valence-corrected chi connectivity index (χ0v) is 19.2. The summed E-state index contributed by atoms with van der Waals surface area (Å²) in [5.74, 6) is 0. The van der Waals surface area contributed by atoms with E-state index < -0.39 is 6.10 Å². The number of nitrogens with one attached hydrogen (secondary N) is 1. The fraction of sp³-hybridized carbons (Fsp3) is 0.385. The van der Waals surface area contributed by atoms with Gasteiger partial charge in [-0.15, -0.1) is 12.4 Å². The molecule has 0 radical (unpaired) electrons. The normalized spacial score (nSPS) is 13.6. The topological polar surface area (TPSA) is 41.5 Å². The van der Waals surface area contributed by atoms with Crippen LogP contribution in [-0.4, -0.2) is 29.9 Å². The van der Waals surface area contributed by atoms with E-state index in [1.54, 1.807) is 0 Å². The molecule has 3 aromatic carbocycles. The van der Waals surface area contributed by atoms with E-state index >= 15 is 0 Å². The summed E-state index contributed by atoms with van der Waals surface area (Å²) >= 11 is 0. The summed E-state index contributed by atoms with van der Waals surface area (Å²) in [6.45, 7) is 9.28. The quantitative estimate of drug-likeness (QED) is 0.465. The van der Waals surface area contributed by atoms with Crippen LogP contribution in [0.2, 0.25) is 0 Å². The Hall–Kier alpha value is -1.91. The summed E-state index contributed by atoms with van der Waals surface area (Å²) in [5.41, 5.74) is 3.55. The Bertz CT molecular complexity index is 941. The van der Waals surface area contributed by atoms with Gasteiger partial charge in [0.25, 0.3) is 0 Å². The van der Waals surface area contributed by atoms with Gasteiger partial charge in [-0.05, 0) is 61.6 Å². The molecule has 162 valence electrons. The van der Waals surface area contributed by atoms with Crippen LogP contribution in [0.15, 0.2) is 66.7 Å². The largest absolute Gasteiger partial charge is 0.389 e. The molecule has 0 spiro atoms. The highest BCUT2D eigenvalue weighted by Crippen LogP contribution is 2.21. The first-order chi connectivity index (χ1) is 13.8. The van der Waals surface area contributed by atoms with Gasteiger partial charge in [-0.25, -0.2) is 0 Å². The minimum Gasteiger partial charge on any atom is -0.389 e. The molecule has 0 aliphatic carbocycles. The molecule has 30 heavy (non-hydrogen) atoms. The molecule has 3 nitrogen and oxygen atoms in total. The van der Waals surface area contributed by atoms with Crippen LogP contribution in [0, 0.1) is 6.92 Å². The fourth-order valence-corrected chi connectivity index (χ4v) is 3.76. The standard InChI is InChI=1S/C26H33NO2.ClH/c1-19-9-5-8-12-25(19)20(2)29-18-24(28)17-27-26(3,4)16-21-13-14-22-10-6-7-11-23(22)15-21;/h5-15,20,24,27-28H,16-18H2,1-4H3;1H/t20?,24-;/m1./s1. The number of aryl methyl sites for hydroxylation is 1. The summed E-state index contributed by atoms with van der Waals surface area (Å²) in [4.78, 5) is 0. The number of aliphatic hydroxyl groups excluding tert-OH is 1. The Morgan fingerprint density at radius 2 is 1.63 bits per heavy atom. The first-order valence-corrected chi connectivity index (χ1v) is 10.4. The van der Waals surface area contributed by atoms with Gasteiger partial charge in [0.1, 0.15) is 0 Å². The van der Waals surface area contributed by atoms with E-state index in [4.69, 9.17) is 4.74 Å². The van der Waals surface area contributed by atoms with E-state index in [1.807, 2.05) is 19.1 Å². The van der Waals surface area contributed by atoms with Gasteiger partial charge in [0.05, 0.1) is 18.8 Å². The number of β-amino-alcohol motifs (C(OH)–C–C–N with tert-alkyl or cyclic N) is 1. The van der Waals surface area contributed by atoms with Crippen LogP contribution in [0.25, 0.3) is 10.8 Å². The molecule has 0 fully saturated rings. The van der Waals surface area contributed by atoms with Gasteiger partial charge in [-0.3, -0.25) is 0 Å². The fourth-order valence-electron chi connectivity index (χ4n) is 3.76. The number of aliphatic hydroxyl groups is 1. The second-order valence-corrected chi connectivity index (χ2v) is 8.61. The Kier molecular flexibility index (Phi) is 8.87. The molecule has 0 heterocycles. The van der Waals surface area contributed by atoms with Gasteiger partial charge in [-0.1, -0.05) is 66.7 Å². The van der Waals surface area contributed by atoms with Gasteiger partial charge in [-0.2, -0.15) is 0 Å². The van der Waals surface area contributed by atoms with Crippen molar-refractivity contribution < 1.29 is 9.84 Å². The minimum atomic E-state index is -0.544. The Morgan fingerprint density at radius 3 is 2.37 bits per heavy atom. The third-order valence-electron chi connectivity index (χ3n) is 5.44. The van der Waals surface area contributed by atoms with Crippen molar-refractivity contribution in [1.29, 1.82) is 0 Å². The third kappa shape index (κ3) is 6.82. The summed E-state index contributed by atoms with van der Waals surface area (Å²) in [6.07, 6.45) is 0.319. The zero-order chi connectivity index (χ0) is 20.9. The van der Waals surface area contributed by atoms with Crippen LogP contribution in [-0.2, 0) is 11.2 Å². The lowest BCUT2D eigenvalue weighted by molar-refractivity contribution is -0.00439. The maximum Gasteiger partial charge on any atom is 0.0898 e. The highest BCUT2D eigenvalue weighted by Gasteiger charge is 2.20. The van der Waals surface area contributed by atoms with Crippen LogP contribution in [0.3, 0.4) is 0 Å². The number of ether oxygens (including phenoxy) is 1. The van der Waals surface area contributed by atoms with Crippen LogP contribution in [0.5, 0.6) is 0 Å². The number of fused-ring (bicyclic) bond motifs is 1. The predicted octanol–water partition coefficient (Wildman–Crippen LogP) is 5.62. The van der Waals surface area contributed by atoms with Crippen LogP contribution < -0.4 is 5.32 Å². The van der Waals surface area contributed by atoms with E-state index in [9.17, 15) is 5.11 Å². The van der Waals surface area contributed by atoms with Crippen molar-refractivity contribution in [2.45, 2.75) is 51.9 Å². The number of hydrogen-bond donors (Lipinski definition) is 2. The molecular weight excluding hydrogens is 394 g/mol. The summed E-state index contributed by atoms with van der Waals surface area (Å²) < 4.78 is 5.91. The smallest absolute Gasteiger partial charge is 0.0898 e. The molecule has 0 aliphatic heterocycles. The van der Waals surface area contributed by atoms with E-state index in [0.29, 0.717) is 13.2 Å². The van der Waals surface area contributed by atoms with Crippen LogP contribution in [0.4, 0.5) is 0 Å². The van der Waals surface area contributed by atoms with Crippen molar-refractivity contribution >= 4 is 23.2 Å². The SMILES string of the molecule is Cc1ccccc1C(C)OC[C@H](O)CNC(C)(C)Cc1ccc2ccccc2c1.Cl. The molecule has 0 saturated carbocycles. The third-order valence-corrected chi connectivity index (χ3v) is 5.44. The molecule has 0 bridgehead atoms.